The second-order valence-corrected chi connectivity index (χ2v) is 13.0. The van der Waals surface area contributed by atoms with E-state index in [1.165, 1.54) is 0 Å². The molecule has 0 radical (unpaired) electrons. The van der Waals surface area contributed by atoms with Gasteiger partial charge >= 0.3 is 64.9 Å². The number of rotatable bonds is 4. The summed E-state index contributed by atoms with van der Waals surface area (Å²) in [4.78, 5) is 0. The summed E-state index contributed by atoms with van der Waals surface area (Å²) in [7, 11) is 0. The Hall–Kier alpha value is 0.00844. The normalized spacial score (nSPS) is 11.0. The maximum absolute atomic E-state index is 8.66. The quantitative estimate of drug-likeness (QED) is 0.707. The van der Waals surface area contributed by atoms with Crippen LogP contribution in [0.2, 0.25) is 21.8 Å². The zero-order valence-electron chi connectivity index (χ0n) is 6.67. The van der Waals surface area contributed by atoms with E-state index in [0.717, 1.165) is 10.4 Å². The molecule has 0 fully saturated rings. The van der Waals surface area contributed by atoms with Crippen molar-refractivity contribution in [2.45, 2.75) is 28.3 Å². The zero-order valence-corrected chi connectivity index (χ0v) is 8.55. The van der Waals surface area contributed by atoms with Crippen LogP contribution in [0.25, 0.3) is 0 Å². The molecule has 0 rings (SSSR count). The van der Waals surface area contributed by atoms with E-state index in [1.807, 2.05) is 0 Å². The Morgan fingerprint density at radius 3 is 2.40 bits per heavy atom. The number of hydrogen-bond donors (Lipinski definition) is 1. The summed E-state index contributed by atoms with van der Waals surface area (Å²) in [6, 6.07) is 2.14. The first-order valence-corrected chi connectivity index (χ1v) is 9.83. The Labute approximate surface area is 65.3 Å². The van der Waals surface area contributed by atoms with Gasteiger partial charge in [-0.1, -0.05) is 0 Å². The third-order valence-corrected chi connectivity index (χ3v) is 7.50. The van der Waals surface area contributed by atoms with Gasteiger partial charge in [-0.05, 0) is 0 Å². The van der Waals surface area contributed by atoms with Gasteiger partial charge in [0.05, 0.1) is 0 Å². The summed E-state index contributed by atoms with van der Waals surface area (Å²) in [5.41, 5.74) is 4.48. The summed E-state index contributed by atoms with van der Waals surface area (Å²) >= 11 is -1.51. The van der Waals surface area contributed by atoms with E-state index >= 15 is 0 Å². The molecule has 0 bridgehead atoms. The van der Waals surface area contributed by atoms with Gasteiger partial charge in [-0.15, -0.1) is 0 Å². The van der Waals surface area contributed by atoms with E-state index in [-0.39, 0.29) is 0 Å². The maximum atomic E-state index is 8.66. The van der Waals surface area contributed by atoms with Gasteiger partial charge in [-0.25, -0.2) is 0 Å². The van der Waals surface area contributed by atoms with Crippen LogP contribution in [0.5, 0.6) is 0 Å². The first kappa shape index (κ1) is 10.0. The van der Waals surface area contributed by atoms with Crippen LogP contribution in [-0.4, -0.2) is 25.3 Å². The molecule has 1 N–H and O–H groups in total. The monoisotopic (exact) mass is 204 g/mol. The molecule has 0 heterocycles. The zero-order chi connectivity index (χ0) is 8.04. The van der Waals surface area contributed by atoms with Gasteiger partial charge < -0.3 is 0 Å². The van der Waals surface area contributed by atoms with Gasteiger partial charge in [0.2, 0.25) is 0 Å². The fourth-order valence-electron chi connectivity index (χ4n) is 0.735. The third kappa shape index (κ3) is 4.85. The average Bonchev–Trinajstić information content (AvgIpc) is 1.84. The summed E-state index contributed by atoms with van der Waals surface area (Å²) in [5, 5.41) is 19.0. The van der Waals surface area contributed by atoms with Gasteiger partial charge in [0.25, 0.3) is 0 Å². The molecule has 2 nitrogen and oxygen atoms in total. The molecule has 0 atom stereocenters. The van der Waals surface area contributed by atoms with Gasteiger partial charge in [0.15, 0.2) is 0 Å². The molecule has 0 amide bonds. The van der Waals surface area contributed by atoms with Crippen LogP contribution < -0.4 is 0 Å². The van der Waals surface area contributed by atoms with Crippen molar-refractivity contribution in [1.82, 2.24) is 0 Å². The average molecular weight is 204 g/mol. The molecule has 0 aliphatic carbocycles. The summed E-state index contributed by atoms with van der Waals surface area (Å²) < 4.78 is 0. The molecule has 10 heavy (non-hydrogen) atoms. The number of aliphatic hydroxyl groups excluding tert-OH is 1. The molecule has 3 heteroatoms. The van der Waals surface area contributed by atoms with Gasteiger partial charge in [-0.3, -0.25) is 0 Å². The van der Waals surface area contributed by atoms with Crippen LogP contribution in [0.3, 0.4) is 0 Å². The Bertz CT molecular complexity index is 128. The minimum absolute atomic E-state index is 0.297. The molecule has 0 aromatic rings. The van der Waals surface area contributed by atoms with Crippen molar-refractivity contribution in [3.63, 3.8) is 0 Å². The van der Waals surface area contributed by atoms with Crippen molar-refractivity contribution in [2.24, 2.45) is 0 Å². The fourth-order valence-corrected chi connectivity index (χ4v) is 3.82. The fraction of sp³-hybridized carbons (Fsp3) is 0.857. The van der Waals surface area contributed by atoms with E-state index in [2.05, 4.69) is 17.5 Å². The van der Waals surface area contributed by atoms with Crippen LogP contribution in [0.4, 0.5) is 0 Å². The van der Waals surface area contributed by atoms with Crippen molar-refractivity contribution in [2.75, 3.05) is 6.61 Å². The Morgan fingerprint density at radius 2 is 2.00 bits per heavy atom. The minimum atomic E-state index is -1.51. The SMILES string of the molecule is C[As+](C)(CCO)CCC#N. The molecule has 0 saturated heterocycles. The van der Waals surface area contributed by atoms with Crippen LogP contribution in [0.1, 0.15) is 6.42 Å². The summed E-state index contributed by atoms with van der Waals surface area (Å²) in [6.45, 7) is 0.297. The third-order valence-electron chi connectivity index (χ3n) is 1.53. The molecule has 0 spiro atoms. The molecular weight excluding hydrogens is 189 g/mol. The van der Waals surface area contributed by atoms with Crippen LogP contribution in [0.15, 0.2) is 0 Å². The van der Waals surface area contributed by atoms with E-state index in [9.17, 15) is 0 Å². The number of nitrogens with zero attached hydrogens (tertiary/aromatic N) is 1. The van der Waals surface area contributed by atoms with Crippen LogP contribution >= 0.6 is 0 Å². The van der Waals surface area contributed by atoms with Gasteiger partial charge in [0, 0.05) is 0 Å². The molecule has 0 saturated carbocycles. The van der Waals surface area contributed by atoms with Gasteiger partial charge in [0.1, 0.15) is 0 Å². The van der Waals surface area contributed by atoms with Crippen molar-refractivity contribution < 1.29 is 5.11 Å². The molecule has 58 valence electrons. The number of nitriles is 1. The van der Waals surface area contributed by atoms with Crippen molar-refractivity contribution in [3.05, 3.63) is 0 Å². The van der Waals surface area contributed by atoms with Crippen LogP contribution in [-0.2, 0) is 0 Å². The number of aliphatic hydroxyl groups is 1. The molecule has 0 aliphatic heterocycles. The second-order valence-electron chi connectivity index (χ2n) is 3.01. The predicted octanol–water partition coefficient (Wildman–Crippen LogP) is 1.60. The topological polar surface area (TPSA) is 44.0 Å². The Morgan fingerprint density at radius 1 is 1.40 bits per heavy atom. The van der Waals surface area contributed by atoms with E-state index < -0.39 is 13.6 Å². The van der Waals surface area contributed by atoms with Gasteiger partial charge in [-0.2, -0.15) is 0 Å². The van der Waals surface area contributed by atoms with E-state index in [0.29, 0.717) is 13.0 Å². The Kier molecular flexibility index (Phi) is 4.77. The standard InChI is InChI=1S/C7H15AsNO/c1-8(2,5-7-10)4-3-6-9/h10H,3-5,7H2,1-2H3/q+1. The summed E-state index contributed by atoms with van der Waals surface area (Å²) in [5.74, 6) is 0. The second kappa shape index (κ2) is 4.77. The Balaban J connectivity index is 3.54. The first-order chi connectivity index (χ1) is 4.62. The molecule has 0 aliphatic rings. The first-order valence-electron chi connectivity index (χ1n) is 3.42. The van der Waals surface area contributed by atoms with Crippen molar-refractivity contribution >= 4 is 13.6 Å². The predicted molar refractivity (Wildman–Crippen MR) is 44.4 cm³/mol. The molecule has 0 aromatic heterocycles. The molecular formula is C7H15AsNO+. The van der Waals surface area contributed by atoms with Crippen molar-refractivity contribution in [1.29, 1.82) is 5.26 Å². The van der Waals surface area contributed by atoms with Crippen molar-refractivity contribution in [3.8, 4) is 6.07 Å². The van der Waals surface area contributed by atoms with E-state index in [1.54, 1.807) is 0 Å². The number of hydrogen-bond acceptors (Lipinski definition) is 2. The summed E-state index contributed by atoms with van der Waals surface area (Å²) in [6.07, 6.45) is 0.667. The molecule has 0 aromatic carbocycles. The molecule has 0 unspecified atom stereocenters. The van der Waals surface area contributed by atoms with Crippen LogP contribution in [0, 0.1) is 11.3 Å². The van der Waals surface area contributed by atoms with E-state index in [4.69, 9.17) is 10.4 Å².